The highest BCUT2D eigenvalue weighted by atomic mass is 16.6. The Kier molecular flexibility index (Phi) is 6.41. The molecule has 0 saturated heterocycles. The fraction of sp³-hybridized carbons (Fsp3) is 0.667. The Morgan fingerprint density at radius 3 is 2.35 bits per heavy atom. The summed E-state index contributed by atoms with van der Waals surface area (Å²) in [5.74, 6) is -0.145. The predicted molar refractivity (Wildman–Crippen MR) is 88.0 cm³/mol. The first-order valence-electron chi connectivity index (χ1n) is 7.63. The van der Waals surface area contributed by atoms with Crippen molar-refractivity contribution >= 4 is 17.7 Å². The highest BCUT2D eigenvalue weighted by Gasteiger charge is 2.15. The van der Waals surface area contributed by atoms with E-state index in [-0.39, 0.29) is 12.5 Å². The van der Waals surface area contributed by atoms with Crippen molar-refractivity contribution in [1.82, 2.24) is 20.4 Å². The van der Waals surface area contributed by atoms with Gasteiger partial charge in [0.2, 0.25) is 5.91 Å². The van der Waals surface area contributed by atoms with Crippen LogP contribution in [0.4, 0.5) is 10.5 Å². The number of nitrogens with two attached hydrogens (primary N) is 1. The Bertz CT molecular complexity index is 560. The summed E-state index contributed by atoms with van der Waals surface area (Å²) in [5.41, 5.74) is 7.42. The van der Waals surface area contributed by atoms with Crippen LogP contribution in [0.2, 0.25) is 0 Å². The molecule has 0 unspecified atom stereocenters. The van der Waals surface area contributed by atoms with Crippen LogP contribution in [0.3, 0.4) is 0 Å². The van der Waals surface area contributed by atoms with Crippen LogP contribution < -0.4 is 16.4 Å². The molecule has 0 aliphatic carbocycles. The Balaban J connectivity index is 2.22. The fourth-order valence-electron chi connectivity index (χ4n) is 1.88. The largest absolute Gasteiger partial charge is 0.444 e. The number of nitrogen functional groups attached to an aromatic ring is 1. The van der Waals surface area contributed by atoms with Gasteiger partial charge in [0.05, 0.1) is 17.1 Å². The molecule has 0 aliphatic heterocycles. The summed E-state index contributed by atoms with van der Waals surface area (Å²) >= 11 is 0. The van der Waals surface area contributed by atoms with E-state index in [0.29, 0.717) is 25.2 Å². The topological polar surface area (TPSA) is 111 Å². The molecule has 0 atom stereocenters. The lowest BCUT2D eigenvalue weighted by atomic mass is 10.2. The minimum atomic E-state index is -0.514. The molecule has 0 saturated carbocycles. The van der Waals surface area contributed by atoms with Crippen LogP contribution >= 0.6 is 0 Å². The summed E-state index contributed by atoms with van der Waals surface area (Å²) in [4.78, 5) is 23.3. The third-order valence-electron chi connectivity index (χ3n) is 3.07. The molecule has 8 nitrogen and oxygen atoms in total. The minimum absolute atomic E-state index is 0.128. The SMILES string of the molecule is Cc1nn(CC(=O)NCCCNC(=O)OC(C)(C)C)c(C)c1N. The molecule has 130 valence electrons. The number of nitrogens with one attached hydrogen (secondary N) is 2. The molecule has 0 radical (unpaired) electrons. The maximum absolute atomic E-state index is 11.8. The molecule has 0 aromatic carbocycles. The Labute approximate surface area is 136 Å². The first kappa shape index (κ1) is 18.8. The van der Waals surface area contributed by atoms with Crippen molar-refractivity contribution in [2.24, 2.45) is 0 Å². The van der Waals surface area contributed by atoms with Gasteiger partial charge in [0.15, 0.2) is 0 Å². The van der Waals surface area contributed by atoms with Crippen LogP contribution in [-0.4, -0.2) is 40.5 Å². The molecule has 1 aromatic rings. The van der Waals surface area contributed by atoms with Crippen LogP contribution in [-0.2, 0) is 16.1 Å². The maximum Gasteiger partial charge on any atom is 0.407 e. The maximum atomic E-state index is 11.8. The van der Waals surface area contributed by atoms with Crippen molar-refractivity contribution in [3.63, 3.8) is 0 Å². The zero-order chi connectivity index (χ0) is 17.6. The molecule has 0 bridgehead atoms. The average molecular weight is 325 g/mol. The second-order valence-electron chi connectivity index (χ2n) is 6.37. The molecule has 1 rings (SSSR count). The summed E-state index contributed by atoms with van der Waals surface area (Å²) in [6, 6.07) is 0. The van der Waals surface area contributed by atoms with Gasteiger partial charge in [-0.3, -0.25) is 9.48 Å². The van der Waals surface area contributed by atoms with Crippen LogP contribution in [0.25, 0.3) is 0 Å². The molecule has 2 amide bonds. The van der Waals surface area contributed by atoms with Crippen LogP contribution in [0.15, 0.2) is 0 Å². The highest BCUT2D eigenvalue weighted by Crippen LogP contribution is 2.14. The second kappa shape index (κ2) is 7.85. The molecule has 23 heavy (non-hydrogen) atoms. The summed E-state index contributed by atoms with van der Waals surface area (Å²) in [7, 11) is 0. The normalized spacial score (nSPS) is 11.2. The van der Waals surface area contributed by atoms with Crippen molar-refractivity contribution in [3.05, 3.63) is 11.4 Å². The number of ether oxygens (including phenoxy) is 1. The monoisotopic (exact) mass is 325 g/mol. The predicted octanol–water partition coefficient (Wildman–Crippen LogP) is 1.11. The second-order valence-corrected chi connectivity index (χ2v) is 6.37. The molecular formula is C15H27N5O3. The van der Waals surface area contributed by atoms with E-state index >= 15 is 0 Å². The molecule has 0 aliphatic rings. The summed E-state index contributed by atoms with van der Waals surface area (Å²) in [6.07, 6.45) is 0.159. The first-order chi connectivity index (χ1) is 10.6. The van der Waals surface area contributed by atoms with Crippen molar-refractivity contribution in [1.29, 1.82) is 0 Å². The van der Waals surface area contributed by atoms with Crippen LogP contribution in [0.1, 0.15) is 38.6 Å². The molecule has 0 fully saturated rings. The summed E-state index contributed by atoms with van der Waals surface area (Å²) in [6.45, 7) is 10.1. The van der Waals surface area contributed by atoms with Gasteiger partial charge in [0.1, 0.15) is 12.1 Å². The number of aromatic nitrogens is 2. The van der Waals surface area contributed by atoms with Gasteiger partial charge < -0.3 is 21.1 Å². The van der Waals surface area contributed by atoms with Gasteiger partial charge in [0, 0.05) is 13.1 Å². The molecule has 8 heteroatoms. The number of rotatable bonds is 6. The van der Waals surface area contributed by atoms with Crippen molar-refractivity contribution in [2.75, 3.05) is 18.8 Å². The lowest BCUT2D eigenvalue weighted by Gasteiger charge is -2.19. The third-order valence-corrected chi connectivity index (χ3v) is 3.07. The van der Waals surface area contributed by atoms with Crippen LogP contribution in [0.5, 0.6) is 0 Å². The molecule has 1 heterocycles. The smallest absolute Gasteiger partial charge is 0.407 e. The van der Waals surface area contributed by atoms with E-state index < -0.39 is 11.7 Å². The number of nitrogens with zero attached hydrogens (tertiary/aromatic N) is 2. The first-order valence-corrected chi connectivity index (χ1v) is 7.63. The van der Waals surface area contributed by atoms with Gasteiger partial charge in [0.25, 0.3) is 0 Å². The number of hydrogen-bond acceptors (Lipinski definition) is 5. The average Bonchev–Trinajstić information content (AvgIpc) is 2.64. The van der Waals surface area contributed by atoms with Gasteiger partial charge >= 0.3 is 6.09 Å². The van der Waals surface area contributed by atoms with Crippen LogP contribution in [0, 0.1) is 13.8 Å². The van der Waals surface area contributed by atoms with Gasteiger partial charge in [-0.25, -0.2) is 4.79 Å². The number of aryl methyl sites for hydroxylation is 1. The molecular weight excluding hydrogens is 298 g/mol. The molecule has 4 N–H and O–H groups in total. The lowest BCUT2D eigenvalue weighted by molar-refractivity contribution is -0.121. The van der Waals surface area contributed by atoms with Crippen molar-refractivity contribution < 1.29 is 14.3 Å². The number of amides is 2. The van der Waals surface area contributed by atoms with E-state index in [1.54, 1.807) is 32.4 Å². The Morgan fingerprint density at radius 1 is 1.22 bits per heavy atom. The quantitative estimate of drug-likeness (QED) is 0.679. The lowest BCUT2D eigenvalue weighted by Crippen LogP contribution is -2.35. The third kappa shape index (κ3) is 6.58. The number of carbonyl (C=O) groups excluding carboxylic acids is 2. The number of carbonyl (C=O) groups is 2. The van der Waals surface area contributed by atoms with E-state index in [0.717, 1.165) is 11.4 Å². The zero-order valence-electron chi connectivity index (χ0n) is 14.5. The Hall–Kier alpha value is -2.25. The summed E-state index contributed by atoms with van der Waals surface area (Å²) < 4.78 is 6.69. The van der Waals surface area contributed by atoms with E-state index in [1.165, 1.54) is 0 Å². The Morgan fingerprint density at radius 2 is 1.83 bits per heavy atom. The number of alkyl carbamates (subject to hydrolysis) is 1. The highest BCUT2D eigenvalue weighted by molar-refractivity contribution is 5.75. The summed E-state index contributed by atoms with van der Waals surface area (Å²) in [5, 5.41) is 9.62. The van der Waals surface area contributed by atoms with Crippen molar-refractivity contribution in [2.45, 2.75) is 53.2 Å². The van der Waals surface area contributed by atoms with E-state index in [9.17, 15) is 9.59 Å². The van der Waals surface area contributed by atoms with E-state index in [2.05, 4.69) is 15.7 Å². The van der Waals surface area contributed by atoms with Gasteiger partial charge in [-0.15, -0.1) is 0 Å². The number of anilines is 1. The molecule has 0 spiro atoms. The van der Waals surface area contributed by atoms with Gasteiger partial charge in [-0.1, -0.05) is 0 Å². The molecule has 1 aromatic heterocycles. The number of hydrogen-bond donors (Lipinski definition) is 3. The standard InChI is InChI=1S/C15H27N5O3/c1-10-13(16)11(2)20(19-10)9-12(21)17-7-6-8-18-14(22)23-15(3,4)5/h6-9,16H2,1-5H3,(H,17,21)(H,18,22). The zero-order valence-corrected chi connectivity index (χ0v) is 14.5. The van der Waals surface area contributed by atoms with Gasteiger partial charge in [-0.2, -0.15) is 5.10 Å². The van der Waals surface area contributed by atoms with Crippen molar-refractivity contribution in [3.8, 4) is 0 Å². The van der Waals surface area contributed by atoms with Gasteiger partial charge in [-0.05, 0) is 41.0 Å². The fourth-order valence-corrected chi connectivity index (χ4v) is 1.88. The minimum Gasteiger partial charge on any atom is -0.444 e. The van der Waals surface area contributed by atoms with E-state index in [4.69, 9.17) is 10.5 Å². The van der Waals surface area contributed by atoms with E-state index in [1.807, 2.05) is 6.92 Å².